The number of hydrogen-bond acceptors (Lipinski definition) is 3. The molecule has 1 aliphatic rings. The molecule has 0 aromatic rings. The number of hydrogen-bond donors (Lipinski definition) is 1. The first-order chi connectivity index (χ1) is 7.18. The van der Waals surface area contributed by atoms with E-state index in [1.54, 1.807) is 0 Å². The van der Waals surface area contributed by atoms with E-state index in [4.69, 9.17) is 10.5 Å². The highest BCUT2D eigenvalue weighted by Crippen LogP contribution is 2.19. The number of rotatable bonds is 6. The third kappa shape index (κ3) is 5.90. The molecule has 1 fully saturated rings. The monoisotopic (exact) mass is 213 g/mol. The third-order valence-electron chi connectivity index (χ3n) is 2.97. The van der Waals surface area contributed by atoms with Gasteiger partial charge >= 0.3 is 0 Å². The van der Waals surface area contributed by atoms with Crippen molar-refractivity contribution in [2.45, 2.75) is 51.5 Å². The molecule has 2 N–H and O–H groups in total. The van der Waals surface area contributed by atoms with Gasteiger partial charge in [0.25, 0.3) is 0 Å². The summed E-state index contributed by atoms with van der Waals surface area (Å²) in [4.78, 5) is 11.6. The van der Waals surface area contributed by atoms with Crippen molar-refractivity contribution >= 4 is 5.78 Å². The summed E-state index contributed by atoms with van der Waals surface area (Å²) in [5.74, 6) is 0.976. The van der Waals surface area contributed by atoms with Gasteiger partial charge in [-0.3, -0.25) is 4.79 Å². The predicted molar refractivity (Wildman–Crippen MR) is 60.7 cm³/mol. The van der Waals surface area contributed by atoms with Crippen molar-refractivity contribution in [2.75, 3.05) is 13.2 Å². The normalized spacial score (nSPS) is 20.1. The second kappa shape index (κ2) is 6.96. The minimum Gasteiger partial charge on any atom is -0.381 e. The summed E-state index contributed by atoms with van der Waals surface area (Å²) in [6.07, 6.45) is 5.47. The minimum atomic E-state index is 0.223. The fourth-order valence-corrected chi connectivity index (χ4v) is 2.00. The standard InChI is InChI=1S/C12H23NO2/c1-10(13)3-2-4-12(14)9-11-5-7-15-8-6-11/h10-11H,2-9,13H2,1H3. The fraction of sp³-hybridized carbons (Fsp3) is 0.917. The van der Waals surface area contributed by atoms with Gasteiger partial charge in [-0.2, -0.15) is 0 Å². The van der Waals surface area contributed by atoms with Gasteiger partial charge in [-0.1, -0.05) is 0 Å². The van der Waals surface area contributed by atoms with E-state index in [9.17, 15) is 4.79 Å². The summed E-state index contributed by atoms with van der Waals surface area (Å²) in [6, 6.07) is 0.223. The van der Waals surface area contributed by atoms with Gasteiger partial charge in [0.15, 0.2) is 0 Å². The van der Waals surface area contributed by atoms with Crippen LogP contribution in [0.4, 0.5) is 0 Å². The summed E-state index contributed by atoms with van der Waals surface area (Å²) >= 11 is 0. The van der Waals surface area contributed by atoms with Crippen molar-refractivity contribution in [3.05, 3.63) is 0 Å². The van der Waals surface area contributed by atoms with Gasteiger partial charge < -0.3 is 10.5 Å². The Kier molecular flexibility index (Phi) is 5.88. The lowest BCUT2D eigenvalue weighted by molar-refractivity contribution is -0.120. The Morgan fingerprint density at radius 1 is 1.47 bits per heavy atom. The molecule has 0 aliphatic carbocycles. The van der Waals surface area contributed by atoms with Crippen molar-refractivity contribution in [3.8, 4) is 0 Å². The zero-order valence-corrected chi connectivity index (χ0v) is 9.71. The molecule has 15 heavy (non-hydrogen) atoms. The molecule has 1 aliphatic heterocycles. The maximum Gasteiger partial charge on any atom is 0.133 e. The van der Waals surface area contributed by atoms with E-state index < -0.39 is 0 Å². The van der Waals surface area contributed by atoms with E-state index in [2.05, 4.69) is 0 Å². The van der Waals surface area contributed by atoms with Crippen LogP contribution in [0.15, 0.2) is 0 Å². The number of nitrogens with two attached hydrogens (primary N) is 1. The molecule has 0 amide bonds. The number of carbonyl (C=O) groups is 1. The van der Waals surface area contributed by atoms with Crippen molar-refractivity contribution < 1.29 is 9.53 Å². The summed E-state index contributed by atoms with van der Waals surface area (Å²) < 4.78 is 5.27. The van der Waals surface area contributed by atoms with E-state index in [1.807, 2.05) is 6.92 Å². The minimum absolute atomic E-state index is 0.223. The average Bonchev–Trinajstić information content (AvgIpc) is 2.18. The van der Waals surface area contributed by atoms with Crippen LogP contribution in [0.25, 0.3) is 0 Å². The SMILES string of the molecule is CC(N)CCCC(=O)CC1CCOCC1. The highest BCUT2D eigenvalue weighted by Gasteiger charge is 2.16. The number of Topliss-reactive ketones (excluding diaryl/α,β-unsaturated/α-hetero) is 1. The van der Waals surface area contributed by atoms with E-state index >= 15 is 0 Å². The molecule has 88 valence electrons. The topological polar surface area (TPSA) is 52.3 Å². The summed E-state index contributed by atoms with van der Waals surface area (Å²) in [5, 5.41) is 0. The molecule has 1 unspecified atom stereocenters. The fourth-order valence-electron chi connectivity index (χ4n) is 2.00. The molecular formula is C12H23NO2. The van der Waals surface area contributed by atoms with Crippen LogP contribution in [0.3, 0.4) is 0 Å². The molecule has 0 bridgehead atoms. The van der Waals surface area contributed by atoms with Gasteiger partial charge in [-0.05, 0) is 38.5 Å². The molecule has 1 atom stereocenters. The molecule has 3 heteroatoms. The zero-order valence-electron chi connectivity index (χ0n) is 9.71. The van der Waals surface area contributed by atoms with Crippen molar-refractivity contribution in [1.29, 1.82) is 0 Å². The lowest BCUT2D eigenvalue weighted by Crippen LogP contribution is -2.19. The first-order valence-electron chi connectivity index (χ1n) is 6.03. The molecule has 0 aromatic carbocycles. The van der Waals surface area contributed by atoms with Crippen LogP contribution in [0.1, 0.15) is 45.4 Å². The van der Waals surface area contributed by atoms with Crippen LogP contribution < -0.4 is 5.73 Å². The smallest absolute Gasteiger partial charge is 0.133 e. The first kappa shape index (κ1) is 12.7. The Labute approximate surface area is 92.4 Å². The average molecular weight is 213 g/mol. The molecule has 1 rings (SSSR count). The van der Waals surface area contributed by atoms with Gasteiger partial charge in [0.2, 0.25) is 0 Å². The highest BCUT2D eigenvalue weighted by atomic mass is 16.5. The van der Waals surface area contributed by atoms with Crippen LogP contribution in [0, 0.1) is 5.92 Å². The van der Waals surface area contributed by atoms with Crippen molar-refractivity contribution in [1.82, 2.24) is 0 Å². The Morgan fingerprint density at radius 3 is 2.73 bits per heavy atom. The van der Waals surface area contributed by atoms with Crippen LogP contribution in [0.5, 0.6) is 0 Å². The zero-order chi connectivity index (χ0) is 11.1. The van der Waals surface area contributed by atoms with Crippen molar-refractivity contribution in [2.24, 2.45) is 11.7 Å². The second-order valence-corrected chi connectivity index (χ2v) is 4.67. The van der Waals surface area contributed by atoms with Crippen LogP contribution in [0.2, 0.25) is 0 Å². The van der Waals surface area contributed by atoms with Gasteiger partial charge in [0, 0.05) is 32.1 Å². The largest absolute Gasteiger partial charge is 0.381 e. The van der Waals surface area contributed by atoms with Gasteiger partial charge in [-0.15, -0.1) is 0 Å². The lowest BCUT2D eigenvalue weighted by Gasteiger charge is -2.21. The summed E-state index contributed by atoms with van der Waals surface area (Å²) in [6.45, 7) is 3.65. The molecule has 1 saturated heterocycles. The van der Waals surface area contributed by atoms with E-state index in [0.29, 0.717) is 18.1 Å². The number of ether oxygens (including phenoxy) is 1. The van der Waals surface area contributed by atoms with E-state index in [0.717, 1.165) is 45.3 Å². The van der Waals surface area contributed by atoms with Crippen LogP contribution >= 0.6 is 0 Å². The second-order valence-electron chi connectivity index (χ2n) is 4.67. The lowest BCUT2D eigenvalue weighted by atomic mass is 9.92. The quantitative estimate of drug-likeness (QED) is 0.733. The molecule has 0 spiro atoms. The van der Waals surface area contributed by atoms with Crippen LogP contribution in [-0.2, 0) is 9.53 Å². The van der Waals surface area contributed by atoms with Crippen molar-refractivity contribution in [3.63, 3.8) is 0 Å². The molecule has 0 aromatic heterocycles. The highest BCUT2D eigenvalue weighted by molar-refractivity contribution is 5.78. The summed E-state index contributed by atoms with van der Waals surface area (Å²) in [5.41, 5.74) is 5.64. The Balaban J connectivity index is 2.06. The molecule has 1 heterocycles. The maximum atomic E-state index is 11.6. The molecular weight excluding hydrogens is 190 g/mol. The number of carbonyl (C=O) groups excluding carboxylic acids is 1. The summed E-state index contributed by atoms with van der Waals surface area (Å²) in [7, 11) is 0. The Bertz CT molecular complexity index is 186. The Morgan fingerprint density at radius 2 is 2.13 bits per heavy atom. The molecule has 3 nitrogen and oxygen atoms in total. The Hall–Kier alpha value is -0.410. The predicted octanol–water partition coefficient (Wildman–Crippen LogP) is 1.89. The molecule has 0 radical (unpaired) electrons. The number of ketones is 1. The third-order valence-corrected chi connectivity index (χ3v) is 2.97. The maximum absolute atomic E-state index is 11.6. The van der Waals surface area contributed by atoms with E-state index in [1.165, 1.54) is 0 Å². The molecule has 0 saturated carbocycles. The van der Waals surface area contributed by atoms with Gasteiger partial charge in [0.05, 0.1) is 0 Å². The van der Waals surface area contributed by atoms with Gasteiger partial charge in [0.1, 0.15) is 5.78 Å². The first-order valence-corrected chi connectivity index (χ1v) is 6.03. The van der Waals surface area contributed by atoms with Crippen LogP contribution in [-0.4, -0.2) is 25.0 Å². The van der Waals surface area contributed by atoms with Gasteiger partial charge in [-0.25, -0.2) is 0 Å². The van der Waals surface area contributed by atoms with E-state index in [-0.39, 0.29) is 6.04 Å².